The van der Waals surface area contributed by atoms with Crippen LogP contribution in [0.5, 0.6) is 0 Å². The van der Waals surface area contributed by atoms with Crippen LogP contribution in [0.3, 0.4) is 0 Å². The van der Waals surface area contributed by atoms with Gasteiger partial charge in [-0.05, 0) is 37.1 Å². The van der Waals surface area contributed by atoms with Gasteiger partial charge < -0.3 is 5.32 Å². The van der Waals surface area contributed by atoms with E-state index in [0.717, 1.165) is 23.4 Å². The summed E-state index contributed by atoms with van der Waals surface area (Å²) < 4.78 is 0. The summed E-state index contributed by atoms with van der Waals surface area (Å²) in [5.41, 5.74) is 2.91. The Kier molecular flexibility index (Phi) is 4.70. The molecule has 2 heteroatoms. The third-order valence-electron chi connectivity index (χ3n) is 2.46. The topological polar surface area (TPSA) is 35.8 Å². The second kappa shape index (κ2) is 6.08. The zero-order valence-corrected chi connectivity index (χ0v) is 9.51. The normalized spacial score (nSPS) is 9.67. The fourth-order valence-corrected chi connectivity index (χ4v) is 1.51. The average molecular weight is 202 g/mol. The van der Waals surface area contributed by atoms with Crippen LogP contribution in [0.25, 0.3) is 0 Å². The van der Waals surface area contributed by atoms with Crippen molar-refractivity contribution in [3.8, 4) is 6.07 Å². The summed E-state index contributed by atoms with van der Waals surface area (Å²) in [5, 5.41) is 12.1. The molecule has 0 atom stereocenters. The van der Waals surface area contributed by atoms with Gasteiger partial charge in [-0.1, -0.05) is 19.8 Å². The standard InChI is InChI=1S/C13H18N2/c1-3-4-5-8-15-13-7-6-12(10-14)11(2)9-13/h6-7,9,15H,3-5,8H2,1-2H3. The first kappa shape index (κ1) is 11.6. The third kappa shape index (κ3) is 3.63. The lowest BCUT2D eigenvalue weighted by Crippen LogP contribution is -2.01. The van der Waals surface area contributed by atoms with E-state index in [9.17, 15) is 0 Å². The van der Waals surface area contributed by atoms with Gasteiger partial charge in [-0.15, -0.1) is 0 Å². The van der Waals surface area contributed by atoms with Crippen LogP contribution in [0, 0.1) is 18.3 Å². The number of nitriles is 1. The monoisotopic (exact) mass is 202 g/mol. The molecule has 0 heterocycles. The molecule has 0 fully saturated rings. The first-order valence-corrected chi connectivity index (χ1v) is 5.52. The van der Waals surface area contributed by atoms with Crippen LogP contribution in [-0.2, 0) is 0 Å². The van der Waals surface area contributed by atoms with E-state index in [-0.39, 0.29) is 0 Å². The highest BCUT2D eigenvalue weighted by atomic mass is 14.9. The lowest BCUT2D eigenvalue weighted by Gasteiger charge is -2.07. The van der Waals surface area contributed by atoms with Crippen molar-refractivity contribution in [1.29, 1.82) is 5.26 Å². The lowest BCUT2D eigenvalue weighted by atomic mass is 10.1. The highest BCUT2D eigenvalue weighted by Gasteiger charge is 1.98. The molecule has 15 heavy (non-hydrogen) atoms. The molecule has 0 saturated heterocycles. The van der Waals surface area contributed by atoms with Crippen molar-refractivity contribution in [3.05, 3.63) is 29.3 Å². The summed E-state index contributed by atoms with van der Waals surface area (Å²) in [7, 11) is 0. The number of aryl methyl sites for hydroxylation is 1. The van der Waals surface area contributed by atoms with Gasteiger partial charge in [0.2, 0.25) is 0 Å². The molecule has 2 nitrogen and oxygen atoms in total. The van der Waals surface area contributed by atoms with Crippen molar-refractivity contribution >= 4 is 5.69 Å². The van der Waals surface area contributed by atoms with Crippen LogP contribution in [0.4, 0.5) is 5.69 Å². The van der Waals surface area contributed by atoms with E-state index < -0.39 is 0 Å². The van der Waals surface area contributed by atoms with Gasteiger partial charge in [0.15, 0.2) is 0 Å². The van der Waals surface area contributed by atoms with E-state index in [4.69, 9.17) is 5.26 Å². The Labute approximate surface area is 91.9 Å². The molecule has 0 unspecified atom stereocenters. The summed E-state index contributed by atoms with van der Waals surface area (Å²) >= 11 is 0. The van der Waals surface area contributed by atoms with Crippen molar-refractivity contribution in [2.24, 2.45) is 0 Å². The molecule has 0 amide bonds. The van der Waals surface area contributed by atoms with Crippen LogP contribution in [0.1, 0.15) is 37.3 Å². The van der Waals surface area contributed by atoms with Crippen molar-refractivity contribution in [2.75, 3.05) is 11.9 Å². The van der Waals surface area contributed by atoms with Gasteiger partial charge in [0.05, 0.1) is 11.6 Å². The van der Waals surface area contributed by atoms with Crippen LogP contribution in [-0.4, -0.2) is 6.54 Å². The lowest BCUT2D eigenvalue weighted by molar-refractivity contribution is 0.744. The predicted molar refractivity (Wildman–Crippen MR) is 63.9 cm³/mol. The molecule has 0 saturated carbocycles. The fourth-order valence-electron chi connectivity index (χ4n) is 1.51. The van der Waals surface area contributed by atoms with Gasteiger partial charge in [0, 0.05) is 12.2 Å². The number of benzene rings is 1. The van der Waals surface area contributed by atoms with E-state index in [1.165, 1.54) is 19.3 Å². The Morgan fingerprint density at radius 2 is 2.13 bits per heavy atom. The Balaban J connectivity index is 2.49. The molecule has 0 spiro atoms. The number of nitrogens with one attached hydrogen (secondary N) is 1. The molecule has 0 aromatic heterocycles. The Morgan fingerprint density at radius 1 is 1.33 bits per heavy atom. The van der Waals surface area contributed by atoms with E-state index in [0.29, 0.717) is 0 Å². The highest BCUT2D eigenvalue weighted by Crippen LogP contribution is 2.14. The Bertz CT molecular complexity index is 350. The van der Waals surface area contributed by atoms with Crippen molar-refractivity contribution < 1.29 is 0 Å². The highest BCUT2D eigenvalue weighted by molar-refractivity contribution is 5.51. The smallest absolute Gasteiger partial charge is 0.0994 e. The minimum Gasteiger partial charge on any atom is -0.385 e. The molecular formula is C13H18N2. The number of hydrogen-bond acceptors (Lipinski definition) is 2. The molecule has 80 valence electrons. The molecule has 0 aliphatic rings. The predicted octanol–water partition coefficient (Wildman–Crippen LogP) is 3.47. The van der Waals surface area contributed by atoms with Crippen LogP contribution >= 0.6 is 0 Å². The number of unbranched alkanes of at least 4 members (excludes halogenated alkanes) is 2. The molecule has 1 aromatic rings. The summed E-state index contributed by atoms with van der Waals surface area (Å²) in [4.78, 5) is 0. The molecule has 0 bridgehead atoms. The van der Waals surface area contributed by atoms with E-state index in [2.05, 4.69) is 18.3 Å². The molecule has 0 aliphatic heterocycles. The number of rotatable bonds is 5. The quantitative estimate of drug-likeness (QED) is 0.742. The first-order valence-electron chi connectivity index (χ1n) is 5.52. The summed E-state index contributed by atoms with van der Waals surface area (Å²) in [6, 6.07) is 8.05. The maximum Gasteiger partial charge on any atom is 0.0994 e. The average Bonchev–Trinajstić information content (AvgIpc) is 2.25. The first-order chi connectivity index (χ1) is 7.27. The van der Waals surface area contributed by atoms with Gasteiger partial charge >= 0.3 is 0 Å². The largest absolute Gasteiger partial charge is 0.385 e. The number of hydrogen-bond donors (Lipinski definition) is 1. The number of anilines is 1. The maximum atomic E-state index is 8.78. The van der Waals surface area contributed by atoms with Crippen molar-refractivity contribution in [1.82, 2.24) is 0 Å². The second-order valence-electron chi connectivity index (χ2n) is 3.78. The molecule has 0 radical (unpaired) electrons. The fraction of sp³-hybridized carbons (Fsp3) is 0.462. The minimum absolute atomic E-state index is 0.758. The van der Waals surface area contributed by atoms with Gasteiger partial charge in [-0.3, -0.25) is 0 Å². The third-order valence-corrected chi connectivity index (χ3v) is 2.46. The molecule has 1 rings (SSSR count). The summed E-state index contributed by atoms with van der Waals surface area (Å²) in [5.74, 6) is 0. The number of nitrogens with zero attached hydrogens (tertiary/aromatic N) is 1. The zero-order chi connectivity index (χ0) is 11.1. The zero-order valence-electron chi connectivity index (χ0n) is 9.51. The van der Waals surface area contributed by atoms with Crippen molar-refractivity contribution in [2.45, 2.75) is 33.1 Å². The molecule has 1 aromatic carbocycles. The van der Waals surface area contributed by atoms with Crippen molar-refractivity contribution in [3.63, 3.8) is 0 Å². The van der Waals surface area contributed by atoms with Crippen LogP contribution < -0.4 is 5.32 Å². The summed E-state index contributed by atoms with van der Waals surface area (Å²) in [6.07, 6.45) is 3.71. The van der Waals surface area contributed by atoms with Gasteiger partial charge in [0.1, 0.15) is 0 Å². The molecule has 1 N–H and O–H groups in total. The van der Waals surface area contributed by atoms with Crippen LogP contribution in [0.15, 0.2) is 18.2 Å². The minimum atomic E-state index is 0.758. The molecule has 0 aliphatic carbocycles. The van der Waals surface area contributed by atoms with Gasteiger partial charge in [0.25, 0.3) is 0 Å². The van der Waals surface area contributed by atoms with Gasteiger partial charge in [-0.25, -0.2) is 0 Å². The SMILES string of the molecule is CCCCCNc1ccc(C#N)c(C)c1. The maximum absolute atomic E-state index is 8.78. The van der Waals surface area contributed by atoms with E-state index in [1.807, 2.05) is 25.1 Å². The Morgan fingerprint density at radius 3 is 2.73 bits per heavy atom. The van der Waals surface area contributed by atoms with Crippen LogP contribution in [0.2, 0.25) is 0 Å². The van der Waals surface area contributed by atoms with E-state index >= 15 is 0 Å². The Hall–Kier alpha value is -1.49. The van der Waals surface area contributed by atoms with E-state index in [1.54, 1.807) is 0 Å². The van der Waals surface area contributed by atoms with Gasteiger partial charge in [-0.2, -0.15) is 5.26 Å². The molecular weight excluding hydrogens is 184 g/mol. The summed E-state index contributed by atoms with van der Waals surface area (Å²) in [6.45, 7) is 5.18. The second-order valence-corrected chi connectivity index (χ2v) is 3.78.